The zero-order chi connectivity index (χ0) is 16.2. The van der Waals surface area contributed by atoms with Gasteiger partial charge in [-0.05, 0) is 12.1 Å². The molecule has 9 heteroatoms. The summed E-state index contributed by atoms with van der Waals surface area (Å²) >= 11 is 11.6. The number of aromatic carboxylic acids is 1. The van der Waals surface area contributed by atoms with Crippen LogP contribution in [0.15, 0.2) is 29.7 Å². The molecule has 0 unspecified atom stereocenters. The van der Waals surface area contributed by atoms with E-state index in [0.717, 1.165) is 16.4 Å². The predicted molar refractivity (Wildman–Crippen MR) is 79.5 cm³/mol. The Bertz CT molecular complexity index is 660. The van der Waals surface area contributed by atoms with Gasteiger partial charge in [-0.1, -0.05) is 29.3 Å². The number of rotatable bonds is 7. The number of sulfonamides is 1. The van der Waals surface area contributed by atoms with Crippen molar-refractivity contribution in [3.8, 4) is 0 Å². The Morgan fingerprint density at radius 3 is 2.43 bits per heavy atom. The zero-order valence-corrected chi connectivity index (χ0v) is 13.1. The molecule has 21 heavy (non-hydrogen) atoms. The molecule has 1 aromatic rings. The first-order valence-corrected chi connectivity index (χ1v) is 7.89. The highest BCUT2D eigenvalue weighted by atomic mass is 35.5. The van der Waals surface area contributed by atoms with Crippen LogP contribution in [0.3, 0.4) is 0 Å². The summed E-state index contributed by atoms with van der Waals surface area (Å²) in [7, 11) is -4.08. The fourth-order valence-electron chi connectivity index (χ4n) is 1.59. The second kappa shape index (κ2) is 7.24. The van der Waals surface area contributed by atoms with Gasteiger partial charge in [0.2, 0.25) is 10.0 Å². The summed E-state index contributed by atoms with van der Waals surface area (Å²) in [6.45, 7) is 2.82. The maximum absolute atomic E-state index is 12.5. The molecule has 0 saturated carbocycles. The standard InChI is InChI=1S/C12H13Cl2NO5S/c1-2-3-15(4-5-16)21(19,20)11-6-8(12(17)18)9(13)7-10(11)14/h2,6-7,16H,1,3-5H2,(H,17,18). The Kier molecular flexibility index (Phi) is 6.18. The number of carboxylic acids is 1. The molecule has 2 N–H and O–H groups in total. The van der Waals surface area contributed by atoms with Gasteiger partial charge in [0.25, 0.3) is 0 Å². The van der Waals surface area contributed by atoms with E-state index in [-0.39, 0.29) is 33.6 Å². The number of halogens is 2. The second-order valence-corrected chi connectivity index (χ2v) is 6.66. The third-order valence-corrected chi connectivity index (χ3v) is 5.19. The molecule has 0 heterocycles. The number of aliphatic hydroxyl groups is 1. The van der Waals surface area contributed by atoms with Crippen molar-refractivity contribution in [3.05, 3.63) is 40.4 Å². The van der Waals surface area contributed by atoms with E-state index >= 15 is 0 Å². The van der Waals surface area contributed by atoms with Crippen LogP contribution in [0.2, 0.25) is 10.0 Å². The Labute approximate surface area is 132 Å². The van der Waals surface area contributed by atoms with Crippen molar-refractivity contribution >= 4 is 39.2 Å². The van der Waals surface area contributed by atoms with Crippen LogP contribution in [0.4, 0.5) is 0 Å². The molecular formula is C12H13Cl2NO5S. The van der Waals surface area contributed by atoms with Gasteiger partial charge in [-0.2, -0.15) is 4.31 Å². The Morgan fingerprint density at radius 1 is 1.33 bits per heavy atom. The van der Waals surface area contributed by atoms with E-state index in [1.54, 1.807) is 0 Å². The van der Waals surface area contributed by atoms with Crippen LogP contribution < -0.4 is 0 Å². The van der Waals surface area contributed by atoms with Gasteiger partial charge in [0.1, 0.15) is 4.90 Å². The molecule has 0 fully saturated rings. The third-order valence-electron chi connectivity index (χ3n) is 2.55. The van der Waals surface area contributed by atoms with E-state index < -0.39 is 22.6 Å². The summed E-state index contributed by atoms with van der Waals surface area (Å²) in [5.41, 5.74) is -0.373. The molecule has 116 valence electrons. The van der Waals surface area contributed by atoms with E-state index in [4.69, 9.17) is 33.4 Å². The Hall–Kier alpha value is -1.12. The minimum absolute atomic E-state index is 0.0513. The largest absolute Gasteiger partial charge is 0.478 e. The van der Waals surface area contributed by atoms with Crippen molar-refractivity contribution in [1.29, 1.82) is 0 Å². The molecule has 0 spiro atoms. The van der Waals surface area contributed by atoms with Gasteiger partial charge in [-0.15, -0.1) is 6.58 Å². The molecule has 0 atom stereocenters. The van der Waals surface area contributed by atoms with E-state index in [1.165, 1.54) is 6.08 Å². The van der Waals surface area contributed by atoms with Gasteiger partial charge in [0.05, 0.1) is 22.2 Å². The van der Waals surface area contributed by atoms with Crippen LogP contribution in [0, 0.1) is 0 Å². The molecular weight excluding hydrogens is 341 g/mol. The topological polar surface area (TPSA) is 94.9 Å². The number of carbonyl (C=O) groups is 1. The summed E-state index contributed by atoms with van der Waals surface area (Å²) in [6.07, 6.45) is 1.34. The molecule has 0 saturated heterocycles. The number of carboxylic acid groups (broad SMARTS) is 1. The lowest BCUT2D eigenvalue weighted by Gasteiger charge is -2.20. The first-order chi connectivity index (χ1) is 9.75. The molecule has 0 radical (unpaired) electrons. The Balaban J connectivity index is 3.45. The molecule has 0 aliphatic heterocycles. The third kappa shape index (κ3) is 3.96. The smallest absolute Gasteiger partial charge is 0.337 e. The predicted octanol–water partition coefficient (Wildman–Crippen LogP) is 1.86. The molecule has 0 bridgehead atoms. The molecule has 0 aliphatic carbocycles. The summed E-state index contributed by atoms with van der Waals surface area (Å²) in [6, 6.07) is 1.96. The van der Waals surface area contributed by atoms with Gasteiger partial charge < -0.3 is 10.2 Å². The molecule has 0 aromatic heterocycles. The van der Waals surface area contributed by atoms with Gasteiger partial charge in [0.15, 0.2) is 0 Å². The van der Waals surface area contributed by atoms with Crippen molar-refractivity contribution in [3.63, 3.8) is 0 Å². The van der Waals surface area contributed by atoms with E-state index in [9.17, 15) is 13.2 Å². The molecule has 1 rings (SSSR count). The zero-order valence-electron chi connectivity index (χ0n) is 10.8. The van der Waals surface area contributed by atoms with Gasteiger partial charge in [0, 0.05) is 13.1 Å². The lowest BCUT2D eigenvalue weighted by Crippen LogP contribution is -2.34. The fraction of sp³-hybridized carbons (Fsp3) is 0.250. The highest BCUT2D eigenvalue weighted by molar-refractivity contribution is 7.89. The molecule has 0 amide bonds. The fourth-order valence-corrected chi connectivity index (χ4v) is 3.83. The normalized spacial score (nSPS) is 11.6. The average molecular weight is 354 g/mol. The quantitative estimate of drug-likeness (QED) is 0.729. The van der Waals surface area contributed by atoms with E-state index in [0.29, 0.717) is 0 Å². The molecule has 6 nitrogen and oxygen atoms in total. The summed E-state index contributed by atoms with van der Waals surface area (Å²) in [5, 5.41) is 17.6. The lowest BCUT2D eigenvalue weighted by atomic mass is 10.2. The monoisotopic (exact) mass is 353 g/mol. The highest BCUT2D eigenvalue weighted by Gasteiger charge is 2.27. The summed E-state index contributed by atoms with van der Waals surface area (Å²) < 4.78 is 25.9. The first-order valence-electron chi connectivity index (χ1n) is 5.70. The van der Waals surface area contributed by atoms with Crippen molar-refractivity contribution in [1.82, 2.24) is 4.31 Å². The Morgan fingerprint density at radius 2 is 1.95 bits per heavy atom. The summed E-state index contributed by atoms with van der Waals surface area (Å²) in [4.78, 5) is 10.7. The summed E-state index contributed by atoms with van der Waals surface area (Å²) in [5.74, 6) is -1.37. The molecule has 1 aromatic carbocycles. The van der Waals surface area contributed by atoms with Crippen LogP contribution >= 0.6 is 23.2 Å². The van der Waals surface area contributed by atoms with Crippen molar-refractivity contribution in [2.75, 3.05) is 19.7 Å². The molecule has 0 aliphatic rings. The first kappa shape index (κ1) is 17.9. The minimum atomic E-state index is -4.08. The van der Waals surface area contributed by atoms with Crippen LogP contribution in [0.25, 0.3) is 0 Å². The van der Waals surface area contributed by atoms with Gasteiger partial charge in [-0.3, -0.25) is 0 Å². The van der Waals surface area contributed by atoms with E-state index in [1.807, 2.05) is 0 Å². The van der Waals surface area contributed by atoms with Crippen LogP contribution in [-0.4, -0.2) is 48.6 Å². The minimum Gasteiger partial charge on any atom is -0.478 e. The maximum Gasteiger partial charge on any atom is 0.337 e. The SMILES string of the molecule is C=CCN(CCO)S(=O)(=O)c1cc(C(=O)O)c(Cl)cc1Cl. The maximum atomic E-state index is 12.5. The highest BCUT2D eigenvalue weighted by Crippen LogP contribution is 2.30. The number of benzene rings is 1. The van der Waals surface area contributed by atoms with Crippen molar-refractivity contribution < 1.29 is 23.4 Å². The van der Waals surface area contributed by atoms with Crippen molar-refractivity contribution in [2.24, 2.45) is 0 Å². The van der Waals surface area contributed by atoms with Crippen LogP contribution in [0.5, 0.6) is 0 Å². The number of hydrogen-bond donors (Lipinski definition) is 2. The number of nitrogens with zero attached hydrogens (tertiary/aromatic N) is 1. The number of aliphatic hydroxyl groups excluding tert-OH is 1. The van der Waals surface area contributed by atoms with Gasteiger partial charge in [-0.25, -0.2) is 13.2 Å². The second-order valence-electron chi connectivity index (χ2n) is 3.94. The average Bonchev–Trinajstić information content (AvgIpc) is 2.37. The van der Waals surface area contributed by atoms with E-state index in [2.05, 4.69) is 6.58 Å². The van der Waals surface area contributed by atoms with Crippen LogP contribution in [0.1, 0.15) is 10.4 Å². The van der Waals surface area contributed by atoms with Crippen molar-refractivity contribution in [2.45, 2.75) is 4.90 Å². The lowest BCUT2D eigenvalue weighted by molar-refractivity contribution is 0.0697. The van der Waals surface area contributed by atoms with Crippen LogP contribution in [-0.2, 0) is 10.0 Å². The van der Waals surface area contributed by atoms with Gasteiger partial charge >= 0.3 is 5.97 Å². The number of hydrogen-bond acceptors (Lipinski definition) is 4.